The summed E-state index contributed by atoms with van der Waals surface area (Å²) in [5.74, 6) is 1.22. The van der Waals surface area contributed by atoms with Crippen LogP contribution in [-0.4, -0.2) is 26.5 Å². The van der Waals surface area contributed by atoms with Crippen LogP contribution in [0.3, 0.4) is 0 Å². The Balaban J connectivity index is 1.68. The minimum Gasteiger partial charge on any atom is -0.494 e. The molecule has 4 aromatic rings. The summed E-state index contributed by atoms with van der Waals surface area (Å²) in [6.07, 6.45) is 1.60. The lowest BCUT2D eigenvalue weighted by Gasteiger charge is -2.04. The van der Waals surface area contributed by atoms with Gasteiger partial charge in [0.05, 0.1) is 12.3 Å². The molecular weight excluding hydrogens is 344 g/mol. The highest BCUT2D eigenvalue weighted by atomic mass is 16.5. The van der Waals surface area contributed by atoms with E-state index in [0.717, 1.165) is 17.0 Å². The lowest BCUT2D eigenvalue weighted by molar-refractivity contribution is 0.340. The summed E-state index contributed by atoms with van der Waals surface area (Å²) in [5.41, 5.74) is 1.40. The van der Waals surface area contributed by atoms with Crippen LogP contribution in [0.4, 0.5) is 0 Å². The molecule has 0 bridgehead atoms. The number of hydrogen-bond acceptors (Lipinski definition) is 6. The molecule has 0 N–H and O–H groups in total. The summed E-state index contributed by atoms with van der Waals surface area (Å²) >= 11 is 0. The molecule has 0 radical (unpaired) electrons. The molecule has 0 fully saturated rings. The molecule has 0 aliphatic carbocycles. The van der Waals surface area contributed by atoms with Gasteiger partial charge in [0.15, 0.2) is 5.69 Å². The van der Waals surface area contributed by atoms with Gasteiger partial charge in [-0.3, -0.25) is 4.79 Å². The van der Waals surface area contributed by atoms with E-state index in [1.807, 2.05) is 61.5 Å². The third-order valence-electron chi connectivity index (χ3n) is 3.88. The van der Waals surface area contributed by atoms with E-state index in [1.165, 1.54) is 6.07 Å². The molecule has 0 spiro atoms. The second kappa shape index (κ2) is 7.25. The summed E-state index contributed by atoms with van der Waals surface area (Å²) in [5, 5.41) is 8.31. The van der Waals surface area contributed by atoms with Crippen molar-refractivity contribution in [1.82, 2.24) is 19.9 Å². The second-order valence-electron chi connectivity index (χ2n) is 5.69. The standard InChI is InChI=1S/C20H16N4O3/c1-2-26-16-10-8-14(9-11-16)19-21-20(27-23-19)18-17(25)12-13-24(22-18)15-6-4-3-5-7-15/h3-13H,2H2,1H3. The Morgan fingerprint density at radius 3 is 2.56 bits per heavy atom. The van der Waals surface area contributed by atoms with Crippen molar-refractivity contribution >= 4 is 0 Å². The first-order valence-corrected chi connectivity index (χ1v) is 8.47. The average molecular weight is 360 g/mol. The van der Waals surface area contributed by atoms with E-state index in [9.17, 15) is 4.79 Å². The minimum atomic E-state index is -0.288. The highest BCUT2D eigenvalue weighted by Crippen LogP contribution is 2.22. The van der Waals surface area contributed by atoms with Gasteiger partial charge >= 0.3 is 0 Å². The number of rotatable bonds is 5. The molecule has 7 heteroatoms. The van der Waals surface area contributed by atoms with Gasteiger partial charge in [-0.05, 0) is 43.3 Å². The fourth-order valence-electron chi connectivity index (χ4n) is 2.58. The zero-order valence-corrected chi connectivity index (χ0v) is 14.6. The maximum atomic E-state index is 12.2. The Kier molecular flexibility index (Phi) is 4.49. The molecule has 2 aromatic heterocycles. The van der Waals surface area contributed by atoms with Gasteiger partial charge in [-0.15, -0.1) is 0 Å². The summed E-state index contributed by atoms with van der Waals surface area (Å²) in [6.45, 7) is 2.52. The molecule has 0 amide bonds. The molecule has 7 nitrogen and oxygen atoms in total. The third-order valence-corrected chi connectivity index (χ3v) is 3.88. The Labute approximate surface area is 154 Å². The number of para-hydroxylation sites is 1. The van der Waals surface area contributed by atoms with Crippen LogP contribution in [0.2, 0.25) is 0 Å². The van der Waals surface area contributed by atoms with Gasteiger partial charge in [0.25, 0.3) is 5.89 Å². The molecule has 0 saturated heterocycles. The number of aromatic nitrogens is 4. The van der Waals surface area contributed by atoms with Gasteiger partial charge in [-0.1, -0.05) is 23.4 Å². The van der Waals surface area contributed by atoms with Crippen LogP contribution in [0.5, 0.6) is 5.75 Å². The third kappa shape index (κ3) is 3.48. The van der Waals surface area contributed by atoms with Crippen LogP contribution < -0.4 is 10.2 Å². The van der Waals surface area contributed by atoms with Crippen molar-refractivity contribution in [2.75, 3.05) is 6.61 Å². The smallest absolute Gasteiger partial charge is 0.282 e. The summed E-state index contributed by atoms with van der Waals surface area (Å²) < 4.78 is 12.3. The lowest BCUT2D eigenvalue weighted by Crippen LogP contribution is -2.12. The summed E-state index contributed by atoms with van der Waals surface area (Å²) in [7, 11) is 0. The summed E-state index contributed by atoms with van der Waals surface area (Å²) in [4.78, 5) is 16.6. The molecule has 0 aliphatic rings. The first-order chi connectivity index (χ1) is 13.2. The molecule has 134 valence electrons. The van der Waals surface area contributed by atoms with Gasteiger partial charge in [-0.25, -0.2) is 4.68 Å². The van der Waals surface area contributed by atoms with E-state index in [1.54, 1.807) is 10.9 Å². The maximum Gasteiger partial charge on any atom is 0.282 e. The normalized spacial score (nSPS) is 10.7. The fourth-order valence-corrected chi connectivity index (χ4v) is 2.58. The van der Waals surface area contributed by atoms with Crippen LogP contribution >= 0.6 is 0 Å². The number of benzene rings is 2. The Bertz CT molecular complexity index is 1100. The molecule has 2 aromatic carbocycles. The number of hydrogen-bond donors (Lipinski definition) is 0. The highest BCUT2D eigenvalue weighted by molar-refractivity contribution is 5.58. The SMILES string of the molecule is CCOc1ccc(-c2noc(-c3nn(-c4ccccc4)ccc3=O)n2)cc1. The Hall–Kier alpha value is -3.74. The molecule has 0 aliphatic heterocycles. The number of ether oxygens (including phenoxy) is 1. The van der Waals surface area contributed by atoms with Crippen molar-refractivity contribution in [3.05, 3.63) is 77.1 Å². The van der Waals surface area contributed by atoms with Crippen molar-refractivity contribution in [2.24, 2.45) is 0 Å². The minimum absolute atomic E-state index is 0.0779. The molecular formula is C20H16N4O3. The monoisotopic (exact) mass is 360 g/mol. The van der Waals surface area contributed by atoms with Gasteiger partial charge in [0.2, 0.25) is 11.3 Å². The molecule has 27 heavy (non-hydrogen) atoms. The maximum absolute atomic E-state index is 12.2. The lowest BCUT2D eigenvalue weighted by atomic mass is 10.2. The van der Waals surface area contributed by atoms with E-state index in [-0.39, 0.29) is 17.0 Å². The van der Waals surface area contributed by atoms with Crippen LogP contribution in [0.15, 0.2) is 76.2 Å². The van der Waals surface area contributed by atoms with Crippen molar-refractivity contribution in [3.8, 4) is 34.4 Å². The second-order valence-corrected chi connectivity index (χ2v) is 5.69. The topological polar surface area (TPSA) is 83.0 Å². The van der Waals surface area contributed by atoms with Crippen LogP contribution in [-0.2, 0) is 0 Å². The highest BCUT2D eigenvalue weighted by Gasteiger charge is 2.16. The van der Waals surface area contributed by atoms with Crippen LogP contribution in [0.1, 0.15) is 6.92 Å². The molecule has 4 rings (SSSR count). The van der Waals surface area contributed by atoms with Gasteiger partial charge in [0, 0.05) is 17.8 Å². The summed E-state index contributed by atoms with van der Waals surface area (Å²) in [6, 6.07) is 18.2. The Morgan fingerprint density at radius 1 is 1.04 bits per heavy atom. The van der Waals surface area contributed by atoms with Gasteiger partial charge in [-0.2, -0.15) is 10.1 Å². The van der Waals surface area contributed by atoms with Crippen molar-refractivity contribution in [1.29, 1.82) is 0 Å². The van der Waals surface area contributed by atoms with E-state index in [4.69, 9.17) is 9.26 Å². The van der Waals surface area contributed by atoms with E-state index >= 15 is 0 Å². The van der Waals surface area contributed by atoms with E-state index in [0.29, 0.717) is 12.4 Å². The van der Waals surface area contributed by atoms with Gasteiger partial charge in [0.1, 0.15) is 5.75 Å². The fraction of sp³-hybridized carbons (Fsp3) is 0.100. The molecule has 0 saturated carbocycles. The zero-order chi connectivity index (χ0) is 18.6. The predicted molar refractivity (Wildman–Crippen MR) is 99.7 cm³/mol. The average Bonchev–Trinajstić information content (AvgIpc) is 3.20. The van der Waals surface area contributed by atoms with Crippen LogP contribution in [0.25, 0.3) is 28.7 Å². The molecule has 0 unspecified atom stereocenters. The quantitative estimate of drug-likeness (QED) is 0.543. The zero-order valence-electron chi connectivity index (χ0n) is 14.6. The number of nitrogens with zero attached hydrogens (tertiary/aromatic N) is 4. The van der Waals surface area contributed by atoms with E-state index < -0.39 is 0 Å². The first kappa shape index (κ1) is 16.7. The Morgan fingerprint density at radius 2 is 1.81 bits per heavy atom. The van der Waals surface area contributed by atoms with Crippen LogP contribution in [0, 0.1) is 0 Å². The van der Waals surface area contributed by atoms with Crippen molar-refractivity contribution < 1.29 is 9.26 Å². The molecule has 0 atom stereocenters. The van der Waals surface area contributed by atoms with Crippen molar-refractivity contribution in [3.63, 3.8) is 0 Å². The largest absolute Gasteiger partial charge is 0.494 e. The van der Waals surface area contributed by atoms with E-state index in [2.05, 4.69) is 15.2 Å². The van der Waals surface area contributed by atoms with Crippen molar-refractivity contribution in [2.45, 2.75) is 6.92 Å². The predicted octanol–water partition coefficient (Wildman–Crippen LogP) is 3.35. The molecule has 2 heterocycles. The van der Waals surface area contributed by atoms with Gasteiger partial charge < -0.3 is 9.26 Å². The first-order valence-electron chi connectivity index (χ1n) is 8.47.